The van der Waals surface area contributed by atoms with Crippen molar-refractivity contribution in [3.05, 3.63) is 58.7 Å². The zero-order valence-electron chi connectivity index (χ0n) is 17.4. The minimum absolute atomic E-state index is 0.0689. The Morgan fingerprint density at radius 3 is 2.69 bits per heavy atom. The molecule has 1 N–H and O–H groups in total. The van der Waals surface area contributed by atoms with Crippen LogP contribution in [0.4, 0.5) is 33.6 Å². The molecule has 3 heterocycles. The number of fused-ring (bicyclic) bond motifs is 2. The third-order valence-corrected chi connectivity index (χ3v) is 7.17. The van der Waals surface area contributed by atoms with Crippen LogP contribution in [-0.4, -0.2) is 41.8 Å². The monoisotopic (exact) mass is 510 g/mol. The molecular weight excluding hydrogens is 492 g/mol. The summed E-state index contributed by atoms with van der Waals surface area (Å²) in [6.45, 7) is 0.379. The van der Waals surface area contributed by atoms with E-state index >= 15 is 0 Å². The zero-order valence-corrected chi connectivity index (χ0v) is 19.8. The maximum Gasteiger partial charge on any atom is 0.330 e. The van der Waals surface area contributed by atoms with Gasteiger partial charge in [0.05, 0.1) is 23.7 Å². The summed E-state index contributed by atoms with van der Waals surface area (Å²) in [5.74, 6) is 1.47. The van der Waals surface area contributed by atoms with Gasteiger partial charge in [-0.25, -0.2) is 9.78 Å². The van der Waals surface area contributed by atoms with Crippen LogP contribution in [0.3, 0.4) is 0 Å². The SMILES string of the molecule is CN1C(=O)CSc2ccc(Nc3ncc4c(n3)N(C)C(=O)N(c3ccccc3Br)C4)cc21. The molecule has 0 radical (unpaired) electrons. The minimum atomic E-state index is -0.167. The minimum Gasteiger partial charge on any atom is -0.324 e. The number of benzene rings is 2. The number of aromatic nitrogens is 2. The molecule has 1 aromatic heterocycles. The van der Waals surface area contributed by atoms with Gasteiger partial charge in [0.15, 0.2) is 0 Å². The molecule has 32 heavy (non-hydrogen) atoms. The number of thioether (sulfide) groups is 1. The summed E-state index contributed by atoms with van der Waals surface area (Å²) in [5.41, 5.74) is 3.26. The van der Waals surface area contributed by atoms with Crippen molar-refractivity contribution in [1.29, 1.82) is 0 Å². The number of carbonyl (C=O) groups is 2. The molecule has 0 spiro atoms. The Hall–Kier alpha value is -3.11. The van der Waals surface area contributed by atoms with Gasteiger partial charge in [0.2, 0.25) is 11.9 Å². The quantitative estimate of drug-likeness (QED) is 0.553. The van der Waals surface area contributed by atoms with Crippen molar-refractivity contribution in [2.75, 3.05) is 39.9 Å². The Labute approximate surface area is 197 Å². The molecule has 0 saturated heterocycles. The number of para-hydroxylation sites is 1. The molecule has 2 aliphatic heterocycles. The molecule has 0 unspecified atom stereocenters. The van der Waals surface area contributed by atoms with Crippen molar-refractivity contribution in [2.24, 2.45) is 0 Å². The van der Waals surface area contributed by atoms with E-state index in [9.17, 15) is 9.59 Å². The number of anilines is 5. The molecule has 0 aliphatic carbocycles. The lowest BCUT2D eigenvalue weighted by Gasteiger charge is -2.34. The van der Waals surface area contributed by atoms with Crippen LogP contribution < -0.4 is 20.0 Å². The van der Waals surface area contributed by atoms with Gasteiger partial charge in [-0.2, -0.15) is 4.98 Å². The van der Waals surface area contributed by atoms with E-state index in [-0.39, 0.29) is 11.9 Å². The molecule has 0 bridgehead atoms. The van der Waals surface area contributed by atoms with E-state index in [1.165, 1.54) is 16.7 Å². The smallest absolute Gasteiger partial charge is 0.324 e. The molecule has 0 atom stereocenters. The van der Waals surface area contributed by atoms with Gasteiger partial charge in [0, 0.05) is 40.9 Å². The first kappa shape index (κ1) is 20.8. The Morgan fingerprint density at radius 2 is 1.88 bits per heavy atom. The molecule has 0 saturated carbocycles. The van der Waals surface area contributed by atoms with E-state index in [1.807, 2.05) is 42.5 Å². The standard InChI is InChI=1S/C22H19BrN6O2S/c1-27-17-9-14(7-8-18(17)32-12-19(27)30)25-21-24-10-13-11-29(16-6-4-3-5-15(16)23)22(31)28(2)20(13)26-21/h3-10H,11-12H2,1-2H3,(H,24,25,26). The summed E-state index contributed by atoms with van der Waals surface area (Å²) < 4.78 is 0.846. The molecule has 162 valence electrons. The van der Waals surface area contributed by atoms with Crippen LogP contribution in [0, 0.1) is 0 Å². The summed E-state index contributed by atoms with van der Waals surface area (Å²) in [6.07, 6.45) is 1.74. The average molecular weight is 511 g/mol. The number of amides is 3. The van der Waals surface area contributed by atoms with Gasteiger partial charge in [-0.1, -0.05) is 12.1 Å². The Balaban J connectivity index is 1.42. The average Bonchev–Trinajstić information content (AvgIpc) is 2.80. The molecule has 8 nitrogen and oxygen atoms in total. The summed E-state index contributed by atoms with van der Waals surface area (Å²) in [5, 5.41) is 3.20. The predicted octanol–water partition coefficient (Wildman–Crippen LogP) is 4.63. The molecule has 5 rings (SSSR count). The Kier molecular flexibility index (Phi) is 5.26. The highest BCUT2D eigenvalue weighted by Gasteiger charge is 2.31. The van der Waals surface area contributed by atoms with Gasteiger partial charge in [-0.15, -0.1) is 11.8 Å². The van der Waals surface area contributed by atoms with Crippen molar-refractivity contribution in [2.45, 2.75) is 11.4 Å². The number of hydrogen-bond acceptors (Lipinski definition) is 6. The van der Waals surface area contributed by atoms with Crippen LogP contribution in [0.1, 0.15) is 5.56 Å². The van der Waals surface area contributed by atoms with E-state index in [0.717, 1.165) is 32.0 Å². The summed E-state index contributed by atoms with van der Waals surface area (Å²) in [6, 6.07) is 13.3. The van der Waals surface area contributed by atoms with Crippen LogP contribution in [0.2, 0.25) is 0 Å². The number of nitrogens with zero attached hydrogens (tertiary/aromatic N) is 5. The molecule has 3 amide bonds. The number of hydrogen-bond donors (Lipinski definition) is 1. The van der Waals surface area contributed by atoms with Gasteiger partial charge in [0.25, 0.3) is 0 Å². The van der Waals surface area contributed by atoms with E-state index in [2.05, 4.69) is 31.2 Å². The molecule has 2 aliphatic rings. The largest absolute Gasteiger partial charge is 0.330 e. The van der Waals surface area contributed by atoms with Crippen molar-refractivity contribution in [3.8, 4) is 0 Å². The van der Waals surface area contributed by atoms with Crippen molar-refractivity contribution < 1.29 is 9.59 Å². The normalized spacial score (nSPS) is 15.5. The van der Waals surface area contributed by atoms with Crippen molar-refractivity contribution in [3.63, 3.8) is 0 Å². The lowest BCUT2D eigenvalue weighted by Crippen LogP contribution is -2.46. The lowest BCUT2D eigenvalue weighted by molar-refractivity contribution is -0.116. The molecule has 3 aromatic rings. The van der Waals surface area contributed by atoms with Gasteiger partial charge in [-0.3, -0.25) is 14.6 Å². The summed E-state index contributed by atoms with van der Waals surface area (Å²) in [7, 11) is 3.48. The molecule has 2 aromatic carbocycles. The van der Waals surface area contributed by atoms with Gasteiger partial charge in [0.1, 0.15) is 5.82 Å². The van der Waals surface area contributed by atoms with Crippen LogP contribution in [0.25, 0.3) is 0 Å². The second-order valence-corrected chi connectivity index (χ2v) is 9.34. The van der Waals surface area contributed by atoms with Crippen LogP contribution in [-0.2, 0) is 11.3 Å². The third kappa shape index (κ3) is 3.59. The molecule has 0 fully saturated rings. The fraction of sp³-hybridized carbons (Fsp3) is 0.182. The second kappa shape index (κ2) is 8.10. The van der Waals surface area contributed by atoms with E-state index < -0.39 is 0 Å². The molecule has 10 heteroatoms. The van der Waals surface area contributed by atoms with E-state index in [4.69, 9.17) is 0 Å². The summed E-state index contributed by atoms with van der Waals surface area (Å²) >= 11 is 5.05. The van der Waals surface area contributed by atoms with Crippen molar-refractivity contribution in [1.82, 2.24) is 9.97 Å². The van der Waals surface area contributed by atoms with Gasteiger partial charge in [-0.05, 0) is 46.3 Å². The fourth-order valence-electron chi connectivity index (χ4n) is 3.71. The molecular formula is C22H19BrN6O2S. The van der Waals surface area contributed by atoms with Crippen LogP contribution in [0.15, 0.2) is 58.0 Å². The Bertz CT molecular complexity index is 1250. The number of nitrogens with one attached hydrogen (secondary N) is 1. The first-order chi connectivity index (χ1) is 15.4. The highest BCUT2D eigenvalue weighted by Crippen LogP contribution is 2.37. The van der Waals surface area contributed by atoms with E-state index in [1.54, 1.807) is 30.1 Å². The van der Waals surface area contributed by atoms with Crippen LogP contribution in [0.5, 0.6) is 0 Å². The van der Waals surface area contributed by atoms with Gasteiger partial charge >= 0.3 is 6.03 Å². The third-order valence-electron chi connectivity index (χ3n) is 5.45. The number of halogens is 1. The highest BCUT2D eigenvalue weighted by molar-refractivity contribution is 9.10. The first-order valence-corrected chi connectivity index (χ1v) is 11.7. The Morgan fingerprint density at radius 1 is 1.06 bits per heavy atom. The number of carbonyl (C=O) groups excluding carboxylic acids is 2. The topological polar surface area (TPSA) is 81.7 Å². The maximum atomic E-state index is 13.0. The number of urea groups is 1. The van der Waals surface area contributed by atoms with Crippen molar-refractivity contribution >= 4 is 68.5 Å². The lowest BCUT2D eigenvalue weighted by atomic mass is 10.2. The maximum absolute atomic E-state index is 13.0. The zero-order chi connectivity index (χ0) is 22.4. The van der Waals surface area contributed by atoms with E-state index in [0.29, 0.717) is 24.1 Å². The summed E-state index contributed by atoms with van der Waals surface area (Å²) in [4.78, 5) is 40.1. The first-order valence-electron chi connectivity index (χ1n) is 9.88. The predicted molar refractivity (Wildman–Crippen MR) is 130 cm³/mol. The fourth-order valence-corrected chi connectivity index (χ4v) is 5.19. The highest BCUT2D eigenvalue weighted by atomic mass is 79.9. The van der Waals surface area contributed by atoms with Crippen LogP contribution >= 0.6 is 27.7 Å². The second-order valence-electron chi connectivity index (χ2n) is 7.47. The number of rotatable bonds is 3. The van der Waals surface area contributed by atoms with Gasteiger partial charge < -0.3 is 10.2 Å².